The van der Waals surface area contributed by atoms with Crippen molar-refractivity contribution in [3.63, 3.8) is 0 Å². The van der Waals surface area contributed by atoms with Crippen LogP contribution in [0.3, 0.4) is 0 Å². The Morgan fingerprint density at radius 2 is 1.94 bits per heavy atom. The van der Waals surface area contributed by atoms with E-state index in [1.807, 2.05) is 13.0 Å². The van der Waals surface area contributed by atoms with Crippen molar-refractivity contribution < 1.29 is 9.21 Å². The van der Waals surface area contributed by atoms with E-state index in [-0.39, 0.29) is 5.78 Å². The fraction of sp³-hybridized carbons (Fsp3) is 0.357. The normalized spacial score (nSPS) is 10.7. The first-order valence-corrected chi connectivity index (χ1v) is 6.73. The zero-order valence-electron chi connectivity index (χ0n) is 10.2. The van der Waals surface area contributed by atoms with Crippen molar-refractivity contribution in [2.75, 3.05) is 0 Å². The Labute approximate surface area is 105 Å². The van der Waals surface area contributed by atoms with E-state index in [0.29, 0.717) is 6.42 Å². The molecule has 0 amide bonds. The molecule has 2 rings (SSSR count). The van der Waals surface area contributed by atoms with Gasteiger partial charge in [0.2, 0.25) is 0 Å². The molecule has 2 aromatic heterocycles. The van der Waals surface area contributed by atoms with E-state index in [2.05, 4.69) is 13.0 Å². The van der Waals surface area contributed by atoms with Crippen LogP contribution >= 0.6 is 11.3 Å². The van der Waals surface area contributed by atoms with Crippen molar-refractivity contribution in [1.29, 1.82) is 0 Å². The fourth-order valence-corrected chi connectivity index (χ4v) is 2.78. The minimum Gasteiger partial charge on any atom is -0.469 e. The van der Waals surface area contributed by atoms with Crippen LogP contribution in [-0.2, 0) is 19.3 Å². The van der Waals surface area contributed by atoms with Gasteiger partial charge < -0.3 is 4.42 Å². The zero-order chi connectivity index (χ0) is 12.3. The highest BCUT2D eigenvalue weighted by Crippen LogP contribution is 2.20. The minimum atomic E-state index is 0.153. The smallest absolute Gasteiger partial charge is 0.171 e. The van der Waals surface area contributed by atoms with Crippen LogP contribution in [0.2, 0.25) is 0 Å². The Balaban J connectivity index is 2.11. The van der Waals surface area contributed by atoms with Crippen LogP contribution in [0.1, 0.15) is 39.7 Å². The van der Waals surface area contributed by atoms with Gasteiger partial charge in [0.1, 0.15) is 5.76 Å². The van der Waals surface area contributed by atoms with Gasteiger partial charge in [0.25, 0.3) is 0 Å². The molecule has 0 aliphatic heterocycles. The van der Waals surface area contributed by atoms with Crippen LogP contribution in [0.5, 0.6) is 0 Å². The van der Waals surface area contributed by atoms with Gasteiger partial charge in [0, 0.05) is 22.6 Å². The van der Waals surface area contributed by atoms with Crippen LogP contribution in [-0.4, -0.2) is 5.78 Å². The van der Waals surface area contributed by atoms with Gasteiger partial charge in [-0.3, -0.25) is 4.79 Å². The van der Waals surface area contributed by atoms with Gasteiger partial charge in [-0.05, 0) is 24.6 Å². The number of carbonyl (C=O) groups excluding carboxylic acids is 1. The molecule has 90 valence electrons. The summed E-state index contributed by atoms with van der Waals surface area (Å²) in [5.41, 5.74) is 0.735. The standard InChI is InChI=1S/C14H16O2S/c1-3-10-5-6-11(17-10)9-13(15)12-7-8-16-14(12)4-2/h5-8H,3-4,9H2,1-2H3. The summed E-state index contributed by atoms with van der Waals surface area (Å²) in [6.45, 7) is 4.12. The fourth-order valence-electron chi connectivity index (χ4n) is 1.82. The summed E-state index contributed by atoms with van der Waals surface area (Å²) in [6.07, 6.45) is 3.87. The number of aryl methyl sites for hydroxylation is 2. The topological polar surface area (TPSA) is 30.2 Å². The summed E-state index contributed by atoms with van der Waals surface area (Å²) in [4.78, 5) is 14.6. The molecule has 2 aromatic rings. The number of ketones is 1. The maximum absolute atomic E-state index is 12.1. The zero-order valence-corrected chi connectivity index (χ0v) is 11.0. The Kier molecular flexibility index (Phi) is 3.79. The van der Waals surface area contributed by atoms with Crippen LogP contribution in [0.15, 0.2) is 28.9 Å². The first-order valence-electron chi connectivity index (χ1n) is 5.91. The number of carbonyl (C=O) groups is 1. The summed E-state index contributed by atoms with van der Waals surface area (Å²) < 4.78 is 5.28. The summed E-state index contributed by atoms with van der Waals surface area (Å²) in [6, 6.07) is 5.92. The lowest BCUT2D eigenvalue weighted by Crippen LogP contribution is -2.03. The molecule has 0 spiro atoms. The third-order valence-corrected chi connectivity index (χ3v) is 4.00. The summed E-state index contributed by atoms with van der Waals surface area (Å²) in [5, 5.41) is 0. The van der Waals surface area contributed by atoms with E-state index in [0.717, 1.165) is 29.0 Å². The number of furan rings is 1. The van der Waals surface area contributed by atoms with Crippen molar-refractivity contribution >= 4 is 17.1 Å². The van der Waals surface area contributed by atoms with E-state index in [1.165, 1.54) is 4.88 Å². The van der Waals surface area contributed by atoms with Crippen molar-refractivity contribution in [2.24, 2.45) is 0 Å². The van der Waals surface area contributed by atoms with E-state index in [9.17, 15) is 4.79 Å². The highest BCUT2D eigenvalue weighted by molar-refractivity contribution is 7.12. The lowest BCUT2D eigenvalue weighted by Gasteiger charge is -1.98. The Hall–Kier alpha value is -1.35. The molecule has 0 aliphatic rings. The maximum atomic E-state index is 12.1. The Morgan fingerprint density at radius 3 is 2.59 bits per heavy atom. The molecule has 0 N–H and O–H groups in total. The van der Waals surface area contributed by atoms with Crippen LogP contribution in [0, 0.1) is 0 Å². The first kappa shape index (κ1) is 12.1. The summed E-state index contributed by atoms with van der Waals surface area (Å²) in [5.74, 6) is 0.947. The highest BCUT2D eigenvalue weighted by atomic mass is 32.1. The summed E-state index contributed by atoms with van der Waals surface area (Å²) >= 11 is 1.72. The molecule has 0 aliphatic carbocycles. The van der Waals surface area contributed by atoms with E-state index < -0.39 is 0 Å². The molecular formula is C14H16O2S. The molecule has 0 unspecified atom stereocenters. The Bertz CT molecular complexity index is 508. The molecule has 0 saturated heterocycles. The van der Waals surface area contributed by atoms with Gasteiger partial charge in [-0.1, -0.05) is 13.8 Å². The molecule has 0 saturated carbocycles. The SMILES string of the molecule is CCc1ccc(CC(=O)c2ccoc2CC)s1. The van der Waals surface area contributed by atoms with Crippen molar-refractivity contribution in [3.05, 3.63) is 45.5 Å². The van der Waals surface area contributed by atoms with Gasteiger partial charge in [-0.2, -0.15) is 0 Å². The molecule has 0 radical (unpaired) electrons. The van der Waals surface area contributed by atoms with Crippen molar-refractivity contribution in [2.45, 2.75) is 33.1 Å². The third-order valence-electron chi connectivity index (χ3n) is 2.77. The molecule has 2 heterocycles. The average Bonchev–Trinajstić information content (AvgIpc) is 2.96. The number of hydrogen-bond acceptors (Lipinski definition) is 3. The second-order valence-corrected chi connectivity index (χ2v) is 5.19. The molecule has 0 aromatic carbocycles. The molecule has 0 bridgehead atoms. The largest absolute Gasteiger partial charge is 0.469 e. The van der Waals surface area contributed by atoms with Gasteiger partial charge in [-0.15, -0.1) is 11.3 Å². The van der Waals surface area contributed by atoms with Gasteiger partial charge >= 0.3 is 0 Å². The molecule has 0 atom stereocenters. The summed E-state index contributed by atoms with van der Waals surface area (Å²) in [7, 11) is 0. The molecular weight excluding hydrogens is 232 g/mol. The first-order chi connectivity index (χ1) is 8.24. The quantitative estimate of drug-likeness (QED) is 0.751. The molecule has 17 heavy (non-hydrogen) atoms. The molecule has 2 nitrogen and oxygen atoms in total. The lowest BCUT2D eigenvalue weighted by molar-refractivity contribution is 0.0992. The molecule has 3 heteroatoms. The lowest BCUT2D eigenvalue weighted by atomic mass is 10.1. The van der Waals surface area contributed by atoms with Gasteiger partial charge in [0.05, 0.1) is 11.8 Å². The van der Waals surface area contributed by atoms with Crippen molar-refractivity contribution in [1.82, 2.24) is 0 Å². The van der Waals surface area contributed by atoms with Crippen LogP contribution < -0.4 is 0 Å². The highest BCUT2D eigenvalue weighted by Gasteiger charge is 2.14. The number of rotatable bonds is 5. The minimum absolute atomic E-state index is 0.153. The second-order valence-electron chi connectivity index (χ2n) is 3.93. The second kappa shape index (κ2) is 5.32. The Morgan fingerprint density at radius 1 is 1.18 bits per heavy atom. The number of hydrogen-bond donors (Lipinski definition) is 0. The number of thiophene rings is 1. The van der Waals surface area contributed by atoms with Gasteiger partial charge in [0.15, 0.2) is 5.78 Å². The molecule has 0 fully saturated rings. The predicted octanol–water partition coefficient (Wildman–Crippen LogP) is 3.89. The van der Waals surface area contributed by atoms with E-state index >= 15 is 0 Å². The maximum Gasteiger partial charge on any atom is 0.171 e. The monoisotopic (exact) mass is 248 g/mol. The van der Waals surface area contributed by atoms with Crippen LogP contribution in [0.4, 0.5) is 0 Å². The van der Waals surface area contributed by atoms with E-state index in [4.69, 9.17) is 4.42 Å². The van der Waals surface area contributed by atoms with Crippen LogP contribution in [0.25, 0.3) is 0 Å². The van der Waals surface area contributed by atoms with Crippen molar-refractivity contribution in [3.8, 4) is 0 Å². The third kappa shape index (κ3) is 2.67. The van der Waals surface area contributed by atoms with Gasteiger partial charge in [-0.25, -0.2) is 0 Å². The predicted molar refractivity (Wildman–Crippen MR) is 69.8 cm³/mol. The van der Waals surface area contributed by atoms with E-state index in [1.54, 1.807) is 23.7 Å². The average molecular weight is 248 g/mol. The number of Topliss-reactive ketones (excluding diaryl/α,β-unsaturated/α-hetero) is 1.